The lowest BCUT2D eigenvalue weighted by atomic mass is 10.1. The molecule has 0 saturated carbocycles. The molecule has 0 aliphatic heterocycles. The van der Waals surface area contributed by atoms with Crippen molar-refractivity contribution in [1.29, 1.82) is 0 Å². The average Bonchev–Trinajstić information content (AvgIpc) is 2.94. The number of aromatic nitrogens is 3. The van der Waals surface area contributed by atoms with E-state index in [1.807, 2.05) is 0 Å². The lowest BCUT2D eigenvalue weighted by Gasteiger charge is -2.16. The fourth-order valence-corrected chi connectivity index (χ4v) is 5.42. The number of anilines is 2. The molecule has 0 amide bonds. The summed E-state index contributed by atoms with van der Waals surface area (Å²) in [6.07, 6.45) is -3.54. The summed E-state index contributed by atoms with van der Waals surface area (Å²) in [6.45, 7) is 0. The van der Waals surface area contributed by atoms with Gasteiger partial charge in [-0.25, -0.2) is 31.7 Å². The number of pyridine rings is 1. The Morgan fingerprint density at radius 1 is 0.952 bits per heavy atom. The monoisotopic (exact) mass is 603 g/mol. The Balaban J connectivity index is 1.63. The number of nitrogen functional groups attached to an aromatic ring is 1. The number of rotatable bonds is 6. The molecule has 0 unspecified atom stereocenters. The summed E-state index contributed by atoms with van der Waals surface area (Å²) in [7, 11) is -3.29. The van der Waals surface area contributed by atoms with E-state index in [0.717, 1.165) is 30.3 Å². The number of halogens is 5. The maximum atomic E-state index is 13.7. The molecular weight excluding hydrogens is 585 g/mol. The van der Waals surface area contributed by atoms with Gasteiger partial charge in [0.05, 0.1) is 35.0 Å². The predicted molar refractivity (Wildman–Crippen MR) is 144 cm³/mol. The second-order valence-electron chi connectivity index (χ2n) is 8.82. The number of fused-ring (bicyclic) bond motifs is 1. The SMILES string of the molecule is COc1ncc(-c2ccc3nc(N)n(-c4ccccc4C(F)(F)F)c(=O)c3c2)cc1S(=O)(=O)Nc1ccc(F)c(F)c1. The van der Waals surface area contributed by atoms with Crippen LogP contribution in [0.4, 0.5) is 33.6 Å². The van der Waals surface area contributed by atoms with E-state index in [0.29, 0.717) is 10.6 Å². The fraction of sp³-hybridized carbons (Fsp3) is 0.0741. The van der Waals surface area contributed by atoms with Crippen LogP contribution in [0, 0.1) is 11.6 Å². The molecular formula is C27H18F5N5O4S. The van der Waals surface area contributed by atoms with Crippen molar-refractivity contribution in [1.82, 2.24) is 14.5 Å². The normalized spacial score (nSPS) is 12.0. The lowest BCUT2D eigenvalue weighted by Crippen LogP contribution is -2.25. The van der Waals surface area contributed by atoms with Gasteiger partial charge < -0.3 is 10.5 Å². The third-order valence-corrected chi connectivity index (χ3v) is 7.53. The van der Waals surface area contributed by atoms with E-state index >= 15 is 0 Å². The summed E-state index contributed by atoms with van der Waals surface area (Å²) in [5.41, 5.74) is 3.62. The molecule has 42 heavy (non-hydrogen) atoms. The highest BCUT2D eigenvalue weighted by Gasteiger charge is 2.34. The van der Waals surface area contributed by atoms with Gasteiger partial charge in [0.25, 0.3) is 15.6 Å². The van der Waals surface area contributed by atoms with Gasteiger partial charge in [-0.1, -0.05) is 18.2 Å². The maximum Gasteiger partial charge on any atom is 0.418 e. The van der Waals surface area contributed by atoms with Gasteiger partial charge in [-0.3, -0.25) is 9.52 Å². The van der Waals surface area contributed by atoms with E-state index in [4.69, 9.17) is 10.5 Å². The Kier molecular flexibility index (Phi) is 7.06. The smallest absolute Gasteiger partial charge is 0.418 e. The van der Waals surface area contributed by atoms with Gasteiger partial charge in [-0.15, -0.1) is 0 Å². The van der Waals surface area contributed by atoms with Crippen LogP contribution in [0.2, 0.25) is 0 Å². The molecule has 0 bridgehead atoms. The Morgan fingerprint density at radius 2 is 1.69 bits per heavy atom. The zero-order valence-corrected chi connectivity index (χ0v) is 22.1. The number of nitrogens with zero attached hydrogens (tertiary/aromatic N) is 3. The van der Waals surface area contributed by atoms with E-state index in [2.05, 4.69) is 14.7 Å². The second-order valence-corrected chi connectivity index (χ2v) is 10.5. The van der Waals surface area contributed by atoms with Gasteiger partial charge in [0.15, 0.2) is 11.6 Å². The Labute approximate surface area is 234 Å². The number of alkyl halides is 3. The third-order valence-electron chi connectivity index (χ3n) is 6.15. The van der Waals surface area contributed by atoms with Crippen LogP contribution in [-0.2, 0) is 16.2 Å². The molecule has 0 saturated heterocycles. The topological polar surface area (TPSA) is 129 Å². The number of nitrogens with one attached hydrogen (secondary N) is 1. The summed E-state index contributed by atoms with van der Waals surface area (Å²) >= 11 is 0. The lowest BCUT2D eigenvalue weighted by molar-refractivity contribution is -0.137. The molecule has 0 radical (unpaired) electrons. The van der Waals surface area contributed by atoms with Crippen LogP contribution < -0.4 is 20.8 Å². The van der Waals surface area contributed by atoms with Gasteiger partial charge >= 0.3 is 6.18 Å². The summed E-state index contributed by atoms with van der Waals surface area (Å²) < 4.78 is 102. The Bertz CT molecular complexity index is 2030. The molecule has 9 nitrogen and oxygen atoms in total. The van der Waals surface area contributed by atoms with E-state index in [1.54, 1.807) is 0 Å². The molecule has 3 N–H and O–H groups in total. The van der Waals surface area contributed by atoms with Crippen molar-refractivity contribution in [3.05, 3.63) is 100 Å². The van der Waals surface area contributed by atoms with Crippen LogP contribution in [0.3, 0.4) is 0 Å². The van der Waals surface area contributed by atoms with E-state index in [1.165, 1.54) is 43.6 Å². The van der Waals surface area contributed by atoms with Crippen LogP contribution >= 0.6 is 0 Å². The summed E-state index contributed by atoms with van der Waals surface area (Å²) in [6, 6.07) is 12.1. The highest BCUT2D eigenvalue weighted by Crippen LogP contribution is 2.35. The first-order chi connectivity index (χ1) is 19.8. The first-order valence-corrected chi connectivity index (χ1v) is 13.3. The molecule has 216 valence electrons. The van der Waals surface area contributed by atoms with Gasteiger partial charge in [0.1, 0.15) is 4.90 Å². The molecule has 0 atom stereocenters. The van der Waals surface area contributed by atoms with Crippen LogP contribution in [-0.4, -0.2) is 30.1 Å². The quantitative estimate of drug-likeness (QED) is 0.257. The number of para-hydroxylation sites is 1. The number of nitrogens with two attached hydrogens (primary N) is 1. The predicted octanol–water partition coefficient (Wildman–Crippen LogP) is 5.14. The minimum Gasteiger partial charge on any atom is -0.480 e. The summed E-state index contributed by atoms with van der Waals surface area (Å²) in [5, 5.41) is -0.112. The van der Waals surface area contributed by atoms with Gasteiger partial charge in [-0.05, 0) is 48.0 Å². The number of hydrogen-bond donors (Lipinski definition) is 2. The van der Waals surface area contributed by atoms with Gasteiger partial charge in [0.2, 0.25) is 11.8 Å². The molecule has 0 fully saturated rings. The molecule has 2 aromatic heterocycles. The number of methoxy groups -OCH3 is 1. The van der Waals surface area contributed by atoms with Crippen molar-refractivity contribution in [3.63, 3.8) is 0 Å². The highest BCUT2D eigenvalue weighted by molar-refractivity contribution is 7.92. The standard InChI is InChI=1S/C27H18F5N5O4S/c1-41-24-23(42(39,40)36-16-7-8-19(28)20(29)12-16)11-15(13-34-24)14-6-9-21-17(10-14)25(38)37(26(33)35-21)22-5-3-2-4-18(22)27(30,31)32/h2-13,36H,1H3,(H2,33,35). The number of ether oxygens (including phenoxy) is 1. The largest absolute Gasteiger partial charge is 0.480 e. The molecule has 0 aliphatic carbocycles. The number of hydrogen-bond acceptors (Lipinski definition) is 7. The fourth-order valence-electron chi connectivity index (χ4n) is 4.23. The molecule has 0 spiro atoms. The minimum atomic E-state index is -4.79. The average molecular weight is 604 g/mol. The zero-order valence-electron chi connectivity index (χ0n) is 21.3. The summed E-state index contributed by atoms with van der Waals surface area (Å²) in [4.78, 5) is 21.1. The molecule has 5 aromatic rings. The van der Waals surface area contributed by atoms with Gasteiger partial charge in [0, 0.05) is 17.8 Å². The summed E-state index contributed by atoms with van der Waals surface area (Å²) in [5.74, 6) is -3.24. The molecule has 5 rings (SSSR count). The Morgan fingerprint density at radius 3 is 2.38 bits per heavy atom. The Hall–Kier alpha value is -5.05. The molecule has 15 heteroatoms. The minimum absolute atomic E-state index is 0.0799. The zero-order chi connectivity index (χ0) is 30.4. The van der Waals surface area contributed by atoms with Crippen molar-refractivity contribution in [2.24, 2.45) is 0 Å². The van der Waals surface area contributed by atoms with Crippen LogP contribution in [0.5, 0.6) is 5.88 Å². The molecule has 3 aromatic carbocycles. The number of benzene rings is 3. The first kappa shape index (κ1) is 28.5. The van der Waals surface area contributed by atoms with Crippen molar-refractivity contribution in [2.45, 2.75) is 11.1 Å². The van der Waals surface area contributed by atoms with Crippen molar-refractivity contribution >= 4 is 32.6 Å². The first-order valence-electron chi connectivity index (χ1n) is 11.8. The third kappa shape index (κ3) is 5.21. The number of sulfonamides is 1. The second kappa shape index (κ2) is 10.4. The molecule has 0 aliphatic rings. The van der Waals surface area contributed by atoms with Crippen molar-refractivity contribution < 1.29 is 35.1 Å². The van der Waals surface area contributed by atoms with Crippen LogP contribution in [0.1, 0.15) is 5.56 Å². The van der Waals surface area contributed by atoms with Crippen LogP contribution in [0.15, 0.2) is 82.6 Å². The van der Waals surface area contributed by atoms with E-state index in [9.17, 15) is 35.2 Å². The van der Waals surface area contributed by atoms with Crippen molar-refractivity contribution in [2.75, 3.05) is 17.6 Å². The maximum absolute atomic E-state index is 13.7. The molecule has 2 heterocycles. The van der Waals surface area contributed by atoms with E-state index < -0.39 is 55.5 Å². The van der Waals surface area contributed by atoms with Crippen LogP contribution in [0.25, 0.3) is 27.7 Å². The van der Waals surface area contributed by atoms with E-state index in [-0.39, 0.29) is 33.6 Å². The van der Waals surface area contributed by atoms with Crippen molar-refractivity contribution in [3.8, 4) is 22.7 Å². The highest BCUT2D eigenvalue weighted by atomic mass is 32.2. The van der Waals surface area contributed by atoms with Gasteiger partial charge in [-0.2, -0.15) is 13.2 Å².